The minimum atomic E-state index is 0.0521. The minimum absolute atomic E-state index is 0.0521. The van der Waals surface area contributed by atoms with E-state index in [4.69, 9.17) is 5.11 Å². The third-order valence-corrected chi connectivity index (χ3v) is 3.94. The summed E-state index contributed by atoms with van der Waals surface area (Å²) in [7, 11) is 0. The fraction of sp³-hybridized carbons (Fsp3) is 0.125. The fourth-order valence-corrected chi connectivity index (χ4v) is 3.26. The van der Waals surface area contributed by atoms with Crippen LogP contribution < -0.4 is 0 Å². The number of hydrogen-bond donors (Lipinski definition) is 1. The first-order chi connectivity index (χ1) is 6.31. The van der Waals surface area contributed by atoms with Gasteiger partial charge in [0.05, 0.1) is 22.1 Å². The maximum atomic E-state index is 9.08. The van der Waals surface area contributed by atoms with E-state index in [1.54, 1.807) is 11.3 Å². The van der Waals surface area contributed by atoms with Crippen molar-refractivity contribution in [3.63, 3.8) is 0 Å². The Labute approximate surface area is 92.0 Å². The van der Waals surface area contributed by atoms with Crippen molar-refractivity contribution in [1.29, 1.82) is 0 Å². The van der Waals surface area contributed by atoms with Crippen LogP contribution in [-0.2, 0) is 6.61 Å². The largest absolute Gasteiger partial charge is 0.391 e. The van der Waals surface area contributed by atoms with E-state index >= 15 is 0 Å². The smallest absolute Gasteiger partial charge is 0.160 e. The molecule has 0 fully saturated rings. The number of halogens is 1. The Morgan fingerprint density at radius 2 is 2.38 bits per heavy atom. The zero-order valence-electron chi connectivity index (χ0n) is 6.53. The van der Waals surface area contributed by atoms with E-state index < -0.39 is 0 Å². The maximum Gasteiger partial charge on any atom is 0.160 e. The lowest BCUT2D eigenvalue weighted by atomic mass is 10.3. The van der Waals surface area contributed by atoms with Gasteiger partial charge in [-0.25, -0.2) is 4.98 Å². The average molecular weight is 276 g/mol. The highest BCUT2D eigenvalue weighted by Crippen LogP contribution is 2.33. The van der Waals surface area contributed by atoms with Crippen molar-refractivity contribution in [2.75, 3.05) is 0 Å². The van der Waals surface area contributed by atoms with Crippen LogP contribution in [-0.4, -0.2) is 10.1 Å². The lowest BCUT2D eigenvalue weighted by Gasteiger charge is -1.93. The molecule has 2 rings (SSSR count). The molecule has 0 unspecified atom stereocenters. The van der Waals surface area contributed by atoms with Gasteiger partial charge in [-0.3, -0.25) is 0 Å². The van der Waals surface area contributed by atoms with Gasteiger partial charge in [-0.1, -0.05) is 6.07 Å². The molecule has 2 nitrogen and oxygen atoms in total. The highest BCUT2D eigenvalue weighted by Gasteiger charge is 2.11. The summed E-state index contributed by atoms with van der Waals surface area (Å²) in [5.41, 5.74) is 0.898. The second-order valence-electron chi connectivity index (χ2n) is 2.37. The Kier molecular flexibility index (Phi) is 2.78. The van der Waals surface area contributed by atoms with E-state index in [2.05, 4.69) is 20.9 Å². The summed E-state index contributed by atoms with van der Waals surface area (Å²) in [5.74, 6) is 0. The first-order valence-corrected chi connectivity index (χ1v) is 6.10. The number of thiophene rings is 1. The molecular weight excluding hydrogens is 270 g/mol. The molecule has 0 saturated carbocycles. The molecule has 1 N–H and O–H groups in total. The minimum Gasteiger partial charge on any atom is -0.391 e. The summed E-state index contributed by atoms with van der Waals surface area (Å²) in [4.78, 5) is 6.32. The van der Waals surface area contributed by atoms with Crippen molar-refractivity contribution in [2.45, 2.75) is 6.61 Å². The van der Waals surface area contributed by atoms with E-state index in [0.717, 1.165) is 19.4 Å². The van der Waals surface area contributed by atoms with Crippen LogP contribution in [0.5, 0.6) is 0 Å². The maximum absolute atomic E-state index is 9.08. The van der Waals surface area contributed by atoms with E-state index in [1.807, 2.05) is 17.5 Å². The normalized spacial score (nSPS) is 10.6. The molecule has 13 heavy (non-hydrogen) atoms. The molecule has 0 saturated heterocycles. The SMILES string of the molecule is OCc1sc(Br)nc1-c1cccs1. The topological polar surface area (TPSA) is 33.1 Å². The van der Waals surface area contributed by atoms with Crippen LogP contribution in [0.4, 0.5) is 0 Å². The summed E-state index contributed by atoms with van der Waals surface area (Å²) in [6.07, 6.45) is 0. The van der Waals surface area contributed by atoms with Gasteiger partial charge < -0.3 is 5.11 Å². The molecule has 0 bridgehead atoms. The van der Waals surface area contributed by atoms with E-state index in [9.17, 15) is 0 Å². The third-order valence-electron chi connectivity index (χ3n) is 1.57. The van der Waals surface area contributed by atoms with Gasteiger partial charge in [0.25, 0.3) is 0 Å². The van der Waals surface area contributed by atoms with Crippen molar-refractivity contribution >= 4 is 38.6 Å². The van der Waals surface area contributed by atoms with Gasteiger partial charge in [0.1, 0.15) is 0 Å². The molecule has 2 aromatic rings. The van der Waals surface area contributed by atoms with Gasteiger partial charge in [-0.05, 0) is 27.4 Å². The summed E-state index contributed by atoms with van der Waals surface area (Å²) in [5, 5.41) is 11.1. The summed E-state index contributed by atoms with van der Waals surface area (Å²) < 4.78 is 0.819. The molecule has 0 radical (unpaired) electrons. The number of nitrogens with zero attached hydrogens (tertiary/aromatic N) is 1. The molecule has 5 heteroatoms. The second kappa shape index (κ2) is 3.88. The van der Waals surface area contributed by atoms with Gasteiger partial charge in [0.15, 0.2) is 3.92 Å². The van der Waals surface area contributed by atoms with Crippen molar-refractivity contribution in [3.8, 4) is 10.6 Å². The number of thiazole rings is 1. The first kappa shape index (κ1) is 9.33. The molecule has 2 aromatic heterocycles. The Morgan fingerprint density at radius 3 is 3.00 bits per heavy atom. The Balaban J connectivity index is 2.50. The van der Waals surface area contributed by atoms with Crippen molar-refractivity contribution in [2.24, 2.45) is 0 Å². The molecule has 0 spiro atoms. The van der Waals surface area contributed by atoms with Gasteiger partial charge in [-0.15, -0.1) is 22.7 Å². The average Bonchev–Trinajstić information content (AvgIpc) is 2.71. The lowest BCUT2D eigenvalue weighted by molar-refractivity contribution is 0.286. The number of aliphatic hydroxyl groups excluding tert-OH is 1. The fourth-order valence-electron chi connectivity index (χ4n) is 1.04. The van der Waals surface area contributed by atoms with Crippen LogP contribution in [0, 0.1) is 0 Å². The summed E-state index contributed by atoms with van der Waals surface area (Å²) >= 11 is 6.42. The zero-order valence-corrected chi connectivity index (χ0v) is 9.75. The van der Waals surface area contributed by atoms with Gasteiger partial charge in [0, 0.05) is 0 Å². The quantitative estimate of drug-likeness (QED) is 0.914. The Bertz CT molecular complexity index is 396. The molecule has 0 atom stereocenters. The van der Waals surface area contributed by atoms with E-state index in [0.29, 0.717) is 0 Å². The van der Waals surface area contributed by atoms with Gasteiger partial charge in [0.2, 0.25) is 0 Å². The summed E-state index contributed by atoms with van der Waals surface area (Å²) in [6.45, 7) is 0.0521. The van der Waals surface area contributed by atoms with Crippen LogP contribution in [0.15, 0.2) is 21.4 Å². The van der Waals surface area contributed by atoms with Crippen LogP contribution in [0.2, 0.25) is 0 Å². The van der Waals surface area contributed by atoms with E-state index in [-0.39, 0.29) is 6.61 Å². The Morgan fingerprint density at radius 1 is 1.54 bits per heavy atom. The Hall–Kier alpha value is -0.230. The predicted octanol–water partition coefficient (Wildman–Crippen LogP) is 3.13. The molecule has 0 aromatic carbocycles. The monoisotopic (exact) mass is 275 g/mol. The number of aliphatic hydroxyl groups is 1. The van der Waals surface area contributed by atoms with Gasteiger partial charge >= 0.3 is 0 Å². The molecule has 0 amide bonds. The van der Waals surface area contributed by atoms with Gasteiger partial charge in [-0.2, -0.15) is 0 Å². The standard InChI is InChI=1S/C8H6BrNOS2/c9-8-10-7(6(4-11)13-8)5-2-1-3-12-5/h1-3,11H,4H2. The lowest BCUT2D eigenvalue weighted by Crippen LogP contribution is -1.81. The molecule has 0 aliphatic heterocycles. The molecule has 0 aliphatic rings. The second-order valence-corrected chi connectivity index (χ2v) is 5.68. The zero-order chi connectivity index (χ0) is 9.26. The highest BCUT2D eigenvalue weighted by molar-refractivity contribution is 9.11. The van der Waals surface area contributed by atoms with Crippen LogP contribution in [0.3, 0.4) is 0 Å². The van der Waals surface area contributed by atoms with Crippen LogP contribution in [0.25, 0.3) is 10.6 Å². The third kappa shape index (κ3) is 1.83. The first-order valence-electron chi connectivity index (χ1n) is 3.61. The van der Waals surface area contributed by atoms with Crippen molar-refractivity contribution < 1.29 is 5.11 Å². The highest BCUT2D eigenvalue weighted by atomic mass is 79.9. The van der Waals surface area contributed by atoms with Crippen molar-refractivity contribution in [3.05, 3.63) is 26.3 Å². The van der Waals surface area contributed by atoms with Crippen LogP contribution in [0.1, 0.15) is 4.88 Å². The number of aromatic nitrogens is 1. The van der Waals surface area contributed by atoms with E-state index in [1.165, 1.54) is 11.3 Å². The number of rotatable bonds is 2. The number of hydrogen-bond acceptors (Lipinski definition) is 4. The van der Waals surface area contributed by atoms with Crippen molar-refractivity contribution in [1.82, 2.24) is 4.98 Å². The molecular formula is C8H6BrNOS2. The molecule has 2 heterocycles. The molecule has 68 valence electrons. The van der Waals surface area contributed by atoms with Crippen LogP contribution >= 0.6 is 38.6 Å². The molecule has 0 aliphatic carbocycles. The predicted molar refractivity (Wildman–Crippen MR) is 59.0 cm³/mol. The summed E-state index contributed by atoms with van der Waals surface area (Å²) in [6, 6.07) is 3.99.